The number of amides is 1. The van der Waals surface area contributed by atoms with Crippen LogP contribution in [0.2, 0.25) is 0 Å². The van der Waals surface area contributed by atoms with Crippen LogP contribution in [0.4, 0.5) is 11.5 Å². The molecular weight excluding hydrogens is 344 g/mol. The number of nitrogen functional groups attached to an aromatic ring is 1. The van der Waals surface area contributed by atoms with E-state index < -0.39 is 11.2 Å². The van der Waals surface area contributed by atoms with Gasteiger partial charge in [0.2, 0.25) is 5.91 Å². The maximum absolute atomic E-state index is 13.4. The highest BCUT2D eigenvalue weighted by Gasteiger charge is 2.45. The number of anilines is 2. The van der Waals surface area contributed by atoms with Gasteiger partial charge in [-0.1, -0.05) is 33.1 Å². The van der Waals surface area contributed by atoms with E-state index in [1.165, 1.54) is 11.0 Å². The second kappa shape index (κ2) is 8.31. The quantitative estimate of drug-likeness (QED) is 0.728. The van der Waals surface area contributed by atoms with Gasteiger partial charge in [0, 0.05) is 19.0 Å². The minimum Gasteiger partial charge on any atom is -0.383 e. The normalized spacial score (nSPS) is 23.7. The van der Waals surface area contributed by atoms with Gasteiger partial charge in [-0.2, -0.15) is 0 Å². The number of nitrogens with one attached hydrogen (secondary N) is 1. The lowest BCUT2D eigenvalue weighted by Gasteiger charge is -2.30. The van der Waals surface area contributed by atoms with Crippen LogP contribution < -0.4 is 21.9 Å². The van der Waals surface area contributed by atoms with Gasteiger partial charge in [-0.3, -0.25) is 19.1 Å². The van der Waals surface area contributed by atoms with Crippen molar-refractivity contribution in [2.24, 2.45) is 17.8 Å². The number of nitrogens with zero attached hydrogens (tertiary/aromatic N) is 2. The summed E-state index contributed by atoms with van der Waals surface area (Å²) in [6, 6.07) is 0. The van der Waals surface area contributed by atoms with E-state index in [2.05, 4.69) is 11.9 Å². The van der Waals surface area contributed by atoms with Crippen LogP contribution in [0.1, 0.15) is 65.2 Å². The van der Waals surface area contributed by atoms with Gasteiger partial charge in [0.1, 0.15) is 5.82 Å². The minimum absolute atomic E-state index is 0.00791. The fourth-order valence-corrected chi connectivity index (χ4v) is 4.77. The minimum atomic E-state index is -0.558. The molecule has 0 aromatic carbocycles. The molecule has 3 unspecified atom stereocenters. The Morgan fingerprint density at radius 1 is 1.19 bits per heavy atom. The smallest absolute Gasteiger partial charge is 0.330 e. The molecule has 0 spiro atoms. The van der Waals surface area contributed by atoms with Crippen LogP contribution in [0.25, 0.3) is 0 Å². The van der Waals surface area contributed by atoms with Gasteiger partial charge in [0.05, 0.1) is 0 Å². The Balaban J connectivity index is 1.98. The number of H-pyrrole nitrogens is 1. The average molecular weight is 377 g/mol. The van der Waals surface area contributed by atoms with Crippen molar-refractivity contribution in [1.29, 1.82) is 0 Å². The number of aromatic amines is 1. The Hall–Kier alpha value is -2.05. The van der Waals surface area contributed by atoms with Gasteiger partial charge in [-0.15, -0.1) is 0 Å². The number of unbranched alkanes of at least 4 members (excludes halogenated alkanes) is 2. The molecule has 2 saturated carbocycles. The summed E-state index contributed by atoms with van der Waals surface area (Å²) in [6.07, 6.45) is 7.75. The highest BCUT2D eigenvalue weighted by atomic mass is 16.2. The molecular formula is C20H32N4O3. The van der Waals surface area contributed by atoms with Crippen LogP contribution in [0.5, 0.6) is 0 Å². The van der Waals surface area contributed by atoms with E-state index in [4.69, 9.17) is 5.73 Å². The zero-order valence-corrected chi connectivity index (χ0v) is 16.5. The molecule has 2 aliphatic rings. The molecule has 0 radical (unpaired) electrons. The Bertz CT molecular complexity index is 797. The predicted molar refractivity (Wildman–Crippen MR) is 107 cm³/mol. The van der Waals surface area contributed by atoms with Gasteiger partial charge in [-0.05, 0) is 43.9 Å². The lowest BCUT2D eigenvalue weighted by Crippen LogP contribution is -2.44. The summed E-state index contributed by atoms with van der Waals surface area (Å²) in [5.41, 5.74) is 5.36. The van der Waals surface area contributed by atoms with Gasteiger partial charge in [0.15, 0.2) is 5.69 Å². The Morgan fingerprint density at radius 3 is 2.52 bits per heavy atom. The Morgan fingerprint density at radius 2 is 1.93 bits per heavy atom. The van der Waals surface area contributed by atoms with Crippen LogP contribution >= 0.6 is 0 Å². The number of hydrogen-bond donors (Lipinski definition) is 2. The maximum atomic E-state index is 13.4. The van der Waals surface area contributed by atoms with Crippen LogP contribution in [0, 0.1) is 17.8 Å². The number of nitrogens with two attached hydrogens (primary N) is 1. The first-order valence-electron chi connectivity index (χ1n) is 10.4. The molecule has 7 nitrogen and oxygen atoms in total. The molecule has 0 saturated heterocycles. The first-order valence-corrected chi connectivity index (χ1v) is 10.4. The SMILES string of the molecule is CCCCN(C(=O)C1CC2CCC1C2)c1c(N)n(CCCC)c(=O)[nH]c1=O. The van der Waals surface area contributed by atoms with Crippen LogP contribution in [0.3, 0.4) is 0 Å². The van der Waals surface area contributed by atoms with E-state index in [0.29, 0.717) is 24.9 Å². The van der Waals surface area contributed by atoms with E-state index in [1.807, 2.05) is 6.92 Å². The Labute approximate surface area is 159 Å². The molecule has 1 aromatic heterocycles. The molecule has 2 bridgehead atoms. The number of fused-ring (bicyclic) bond motifs is 2. The summed E-state index contributed by atoms with van der Waals surface area (Å²) in [4.78, 5) is 42.2. The van der Waals surface area contributed by atoms with Gasteiger partial charge < -0.3 is 10.6 Å². The highest BCUT2D eigenvalue weighted by molar-refractivity contribution is 5.97. The number of rotatable bonds is 8. The second-order valence-electron chi connectivity index (χ2n) is 8.12. The maximum Gasteiger partial charge on any atom is 0.330 e. The monoisotopic (exact) mass is 376 g/mol. The fourth-order valence-electron chi connectivity index (χ4n) is 4.77. The lowest BCUT2D eigenvalue weighted by atomic mass is 9.87. The van der Waals surface area contributed by atoms with Crippen molar-refractivity contribution in [2.45, 2.75) is 71.8 Å². The summed E-state index contributed by atoms with van der Waals surface area (Å²) in [6.45, 7) is 4.98. The third-order valence-electron chi connectivity index (χ3n) is 6.28. The summed E-state index contributed by atoms with van der Waals surface area (Å²) in [7, 11) is 0. The van der Waals surface area contributed by atoms with E-state index in [9.17, 15) is 14.4 Å². The molecule has 7 heteroatoms. The molecule has 1 heterocycles. The van der Waals surface area contributed by atoms with Crippen molar-refractivity contribution in [3.05, 3.63) is 20.8 Å². The molecule has 3 atom stereocenters. The number of aromatic nitrogens is 2. The Kier molecular flexibility index (Phi) is 6.07. The molecule has 1 aromatic rings. The van der Waals surface area contributed by atoms with E-state index >= 15 is 0 Å². The number of hydrogen-bond acceptors (Lipinski definition) is 4. The third kappa shape index (κ3) is 3.82. The van der Waals surface area contributed by atoms with Gasteiger partial charge in [0.25, 0.3) is 5.56 Å². The molecule has 2 fully saturated rings. The largest absolute Gasteiger partial charge is 0.383 e. The van der Waals surface area contributed by atoms with Crippen molar-refractivity contribution < 1.29 is 4.79 Å². The van der Waals surface area contributed by atoms with Crippen LogP contribution in [-0.4, -0.2) is 22.0 Å². The van der Waals surface area contributed by atoms with Crippen molar-refractivity contribution >= 4 is 17.4 Å². The predicted octanol–water partition coefficient (Wildman–Crippen LogP) is 2.49. The highest BCUT2D eigenvalue weighted by Crippen LogP contribution is 2.49. The van der Waals surface area contributed by atoms with Crippen molar-refractivity contribution in [2.75, 3.05) is 17.2 Å². The van der Waals surface area contributed by atoms with Gasteiger partial charge >= 0.3 is 5.69 Å². The molecule has 3 rings (SSSR count). The van der Waals surface area contributed by atoms with E-state index in [-0.39, 0.29) is 23.3 Å². The van der Waals surface area contributed by atoms with E-state index in [1.54, 1.807) is 4.90 Å². The summed E-state index contributed by atoms with van der Waals surface area (Å²) >= 11 is 0. The first kappa shape index (κ1) is 19.7. The summed E-state index contributed by atoms with van der Waals surface area (Å²) in [5.74, 6) is 1.18. The van der Waals surface area contributed by atoms with Crippen LogP contribution in [-0.2, 0) is 11.3 Å². The second-order valence-corrected chi connectivity index (χ2v) is 8.12. The third-order valence-corrected chi connectivity index (χ3v) is 6.28. The molecule has 2 aliphatic carbocycles. The number of carbonyl (C=O) groups excluding carboxylic acids is 1. The summed E-state index contributed by atoms with van der Waals surface area (Å²) < 4.78 is 1.40. The van der Waals surface area contributed by atoms with Gasteiger partial charge in [-0.25, -0.2) is 4.79 Å². The first-order chi connectivity index (χ1) is 13.0. The fraction of sp³-hybridized carbons (Fsp3) is 0.750. The standard InChI is InChI=1S/C20H32N4O3/c1-3-5-9-23(19(26)15-12-13-7-8-14(15)11-13)16-17(21)24(10-6-4-2)20(27)22-18(16)25/h13-15H,3-12,21H2,1-2H3,(H,22,25,27). The molecule has 27 heavy (non-hydrogen) atoms. The zero-order valence-electron chi connectivity index (χ0n) is 16.5. The lowest BCUT2D eigenvalue weighted by molar-refractivity contribution is -0.123. The zero-order chi connectivity index (χ0) is 19.6. The van der Waals surface area contributed by atoms with Crippen molar-refractivity contribution in [3.63, 3.8) is 0 Å². The molecule has 0 aliphatic heterocycles. The van der Waals surface area contributed by atoms with Crippen molar-refractivity contribution in [3.8, 4) is 0 Å². The van der Waals surface area contributed by atoms with Crippen molar-refractivity contribution in [1.82, 2.24) is 9.55 Å². The average Bonchev–Trinajstić information content (AvgIpc) is 3.27. The molecule has 150 valence electrons. The van der Waals surface area contributed by atoms with Crippen LogP contribution in [0.15, 0.2) is 9.59 Å². The summed E-state index contributed by atoms with van der Waals surface area (Å²) in [5, 5.41) is 0. The number of carbonyl (C=O) groups is 1. The molecule has 1 amide bonds. The molecule has 3 N–H and O–H groups in total. The van der Waals surface area contributed by atoms with E-state index in [0.717, 1.165) is 44.9 Å². The topological polar surface area (TPSA) is 101 Å².